The van der Waals surface area contributed by atoms with Crippen LogP contribution in [0.25, 0.3) is 0 Å². The largest absolute Gasteiger partial charge is 0.490 e. The van der Waals surface area contributed by atoms with Gasteiger partial charge in [0, 0.05) is 0 Å². The van der Waals surface area contributed by atoms with Gasteiger partial charge in [-0.1, -0.05) is 25.1 Å². The summed E-state index contributed by atoms with van der Waals surface area (Å²) < 4.78 is 10.9. The summed E-state index contributed by atoms with van der Waals surface area (Å²) >= 11 is 0. The van der Waals surface area contributed by atoms with Crippen LogP contribution in [0.15, 0.2) is 18.2 Å². The van der Waals surface area contributed by atoms with Crippen molar-refractivity contribution < 1.29 is 9.47 Å². The van der Waals surface area contributed by atoms with Crippen molar-refractivity contribution in [1.29, 1.82) is 0 Å². The van der Waals surface area contributed by atoms with Crippen LogP contribution in [0.3, 0.4) is 0 Å². The SMILES string of the molecule is CCc1cccc(C)c1OCC1CO1. The van der Waals surface area contributed by atoms with Gasteiger partial charge in [-0.3, -0.25) is 0 Å². The number of ether oxygens (including phenoxy) is 2. The number of hydrogen-bond acceptors (Lipinski definition) is 2. The van der Waals surface area contributed by atoms with E-state index < -0.39 is 0 Å². The van der Waals surface area contributed by atoms with E-state index >= 15 is 0 Å². The summed E-state index contributed by atoms with van der Waals surface area (Å²) in [6.45, 7) is 5.78. The van der Waals surface area contributed by atoms with E-state index in [1.807, 2.05) is 0 Å². The van der Waals surface area contributed by atoms with Crippen LogP contribution in [0.2, 0.25) is 0 Å². The second-order valence-electron chi connectivity index (χ2n) is 3.68. The lowest BCUT2D eigenvalue weighted by molar-refractivity contribution is 0.260. The molecule has 14 heavy (non-hydrogen) atoms. The first-order valence-corrected chi connectivity index (χ1v) is 5.14. The summed E-state index contributed by atoms with van der Waals surface area (Å²) in [5.41, 5.74) is 2.50. The maximum Gasteiger partial charge on any atom is 0.125 e. The zero-order valence-electron chi connectivity index (χ0n) is 8.75. The third-order valence-electron chi connectivity index (χ3n) is 2.49. The molecule has 0 radical (unpaired) electrons. The van der Waals surface area contributed by atoms with Gasteiger partial charge >= 0.3 is 0 Å². The minimum absolute atomic E-state index is 0.333. The van der Waals surface area contributed by atoms with E-state index in [0.29, 0.717) is 12.7 Å². The molecule has 1 fully saturated rings. The molecule has 1 aromatic carbocycles. The van der Waals surface area contributed by atoms with Gasteiger partial charge in [-0.2, -0.15) is 0 Å². The normalized spacial score (nSPS) is 19.4. The van der Waals surface area contributed by atoms with E-state index in [2.05, 4.69) is 32.0 Å². The fourth-order valence-corrected chi connectivity index (χ4v) is 1.54. The maximum atomic E-state index is 5.76. The topological polar surface area (TPSA) is 21.8 Å². The summed E-state index contributed by atoms with van der Waals surface area (Å²) in [6.07, 6.45) is 1.35. The molecule has 0 aromatic heterocycles. The lowest BCUT2D eigenvalue weighted by Gasteiger charge is -2.11. The average Bonchev–Trinajstić information content (AvgIpc) is 2.99. The first-order chi connectivity index (χ1) is 6.81. The van der Waals surface area contributed by atoms with E-state index in [1.54, 1.807) is 0 Å². The van der Waals surface area contributed by atoms with Crippen LogP contribution in [0.4, 0.5) is 0 Å². The number of rotatable bonds is 4. The molecule has 0 spiro atoms. The van der Waals surface area contributed by atoms with Crippen LogP contribution in [-0.4, -0.2) is 19.3 Å². The smallest absolute Gasteiger partial charge is 0.125 e. The van der Waals surface area contributed by atoms with Crippen LogP contribution in [0.5, 0.6) is 5.75 Å². The highest BCUT2D eigenvalue weighted by atomic mass is 16.6. The molecule has 2 nitrogen and oxygen atoms in total. The minimum atomic E-state index is 0.333. The number of para-hydroxylation sites is 1. The summed E-state index contributed by atoms with van der Waals surface area (Å²) in [5.74, 6) is 1.05. The molecular formula is C12H16O2. The minimum Gasteiger partial charge on any atom is -0.490 e. The van der Waals surface area contributed by atoms with Crippen molar-refractivity contribution >= 4 is 0 Å². The lowest BCUT2D eigenvalue weighted by atomic mass is 10.1. The maximum absolute atomic E-state index is 5.76. The Morgan fingerprint density at radius 2 is 2.29 bits per heavy atom. The Kier molecular flexibility index (Phi) is 2.73. The molecule has 1 saturated heterocycles. The van der Waals surface area contributed by atoms with E-state index in [9.17, 15) is 0 Å². The first kappa shape index (κ1) is 9.53. The van der Waals surface area contributed by atoms with Crippen molar-refractivity contribution in [1.82, 2.24) is 0 Å². The first-order valence-electron chi connectivity index (χ1n) is 5.14. The molecule has 1 aliphatic rings. The molecule has 0 N–H and O–H groups in total. The van der Waals surface area contributed by atoms with Gasteiger partial charge in [0.2, 0.25) is 0 Å². The molecule has 1 heterocycles. The van der Waals surface area contributed by atoms with Crippen LogP contribution < -0.4 is 4.74 Å². The molecule has 0 bridgehead atoms. The van der Waals surface area contributed by atoms with Crippen molar-refractivity contribution in [3.8, 4) is 5.75 Å². The molecule has 76 valence electrons. The molecule has 2 rings (SSSR count). The molecule has 1 atom stereocenters. The fourth-order valence-electron chi connectivity index (χ4n) is 1.54. The van der Waals surface area contributed by atoms with E-state index in [-0.39, 0.29) is 0 Å². The van der Waals surface area contributed by atoms with Crippen LogP contribution in [-0.2, 0) is 11.2 Å². The highest BCUT2D eigenvalue weighted by Crippen LogP contribution is 2.25. The third-order valence-corrected chi connectivity index (χ3v) is 2.49. The van der Waals surface area contributed by atoms with Gasteiger partial charge < -0.3 is 9.47 Å². The number of epoxide rings is 1. The molecule has 2 heteroatoms. The Hall–Kier alpha value is -1.02. The van der Waals surface area contributed by atoms with Crippen LogP contribution in [0.1, 0.15) is 18.1 Å². The zero-order valence-corrected chi connectivity index (χ0v) is 8.75. The molecule has 0 amide bonds. The molecule has 0 aliphatic carbocycles. The van der Waals surface area contributed by atoms with Crippen LogP contribution in [0, 0.1) is 6.92 Å². The lowest BCUT2D eigenvalue weighted by Crippen LogP contribution is -2.06. The van der Waals surface area contributed by atoms with Gasteiger partial charge in [0.05, 0.1) is 6.61 Å². The Morgan fingerprint density at radius 3 is 2.93 bits per heavy atom. The van der Waals surface area contributed by atoms with Gasteiger partial charge in [-0.25, -0.2) is 0 Å². The highest BCUT2D eigenvalue weighted by Gasteiger charge is 2.23. The van der Waals surface area contributed by atoms with Crippen molar-refractivity contribution in [2.75, 3.05) is 13.2 Å². The Balaban J connectivity index is 2.11. The van der Waals surface area contributed by atoms with Crippen molar-refractivity contribution in [2.24, 2.45) is 0 Å². The average molecular weight is 192 g/mol. The second kappa shape index (κ2) is 4.01. The predicted octanol–water partition coefficient (Wildman–Crippen LogP) is 2.34. The van der Waals surface area contributed by atoms with E-state index in [1.165, 1.54) is 11.1 Å². The predicted molar refractivity (Wildman–Crippen MR) is 55.8 cm³/mol. The second-order valence-corrected chi connectivity index (χ2v) is 3.68. The van der Waals surface area contributed by atoms with Crippen LogP contribution >= 0.6 is 0 Å². The Bertz CT molecular complexity index is 316. The standard InChI is InChI=1S/C12H16O2/c1-3-10-6-4-5-9(2)12(10)14-8-11-7-13-11/h4-6,11H,3,7-8H2,1-2H3. The Morgan fingerprint density at radius 1 is 1.50 bits per heavy atom. The number of aryl methyl sites for hydroxylation is 2. The fraction of sp³-hybridized carbons (Fsp3) is 0.500. The number of hydrogen-bond donors (Lipinski definition) is 0. The van der Waals surface area contributed by atoms with Crippen molar-refractivity contribution in [3.63, 3.8) is 0 Å². The zero-order chi connectivity index (χ0) is 9.97. The van der Waals surface area contributed by atoms with Gasteiger partial charge in [0.15, 0.2) is 0 Å². The van der Waals surface area contributed by atoms with Crippen molar-refractivity contribution in [2.45, 2.75) is 26.4 Å². The van der Waals surface area contributed by atoms with E-state index in [0.717, 1.165) is 18.8 Å². The molecule has 1 aromatic rings. The van der Waals surface area contributed by atoms with Crippen molar-refractivity contribution in [3.05, 3.63) is 29.3 Å². The summed E-state index contributed by atoms with van der Waals surface area (Å²) in [5, 5.41) is 0. The van der Waals surface area contributed by atoms with Gasteiger partial charge in [-0.05, 0) is 24.5 Å². The monoisotopic (exact) mass is 192 g/mol. The van der Waals surface area contributed by atoms with Gasteiger partial charge in [-0.15, -0.1) is 0 Å². The molecule has 1 unspecified atom stereocenters. The molecular weight excluding hydrogens is 176 g/mol. The molecule has 1 aliphatic heterocycles. The van der Waals surface area contributed by atoms with Gasteiger partial charge in [0.25, 0.3) is 0 Å². The Labute approximate surface area is 84.8 Å². The van der Waals surface area contributed by atoms with Gasteiger partial charge in [0.1, 0.15) is 18.5 Å². The summed E-state index contributed by atoms with van der Waals surface area (Å²) in [7, 11) is 0. The highest BCUT2D eigenvalue weighted by molar-refractivity contribution is 5.40. The quantitative estimate of drug-likeness (QED) is 0.683. The number of benzene rings is 1. The summed E-state index contributed by atoms with van der Waals surface area (Å²) in [4.78, 5) is 0. The third kappa shape index (κ3) is 2.07. The molecule has 0 saturated carbocycles. The summed E-state index contributed by atoms with van der Waals surface area (Å²) in [6, 6.07) is 6.28. The van der Waals surface area contributed by atoms with E-state index in [4.69, 9.17) is 9.47 Å².